The molecule has 0 aliphatic carbocycles. The Hall–Kier alpha value is -1.13. The number of carboxylic acids is 1. The number of carbonyl (C=O) groups excluding carboxylic acids is 1. The van der Waals surface area contributed by atoms with Gasteiger partial charge in [0, 0.05) is 4.47 Å². The second-order valence-corrected chi connectivity index (χ2v) is 3.94. The first-order chi connectivity index (χ1) is 7.00. The standard InChI is InChI=1S/C10H6BrClO3/c11-7-5-6(1-3-8(7)12)2-4-9(13)10(14)15/h1-5H,(H,14,15)/b4-2+. The van der Waals surface area contributed by atoms with Gasteiger partial charge < -0.3 is 5.11 Å². The van der Waals surface area contributed by atoms with Crippen LogP contribution in [0.2, 0.25) is 5.02 Å². The highest BCUT2D eigenvalue weighted by Gasteiger charge is 2.05. The third kappa shape index (κ3) is 3.49. The molecule has 0 aliphatic rings. The smallest absolute Gasteiger partial charge is 0.376 e. The van der Waals surface area contributed by atoms with E-state index in [1.54, 1.807) is 18.2 Å². The van der Waals surface area contributed by atoms with Gasteiger partial charge in [-0.25, -0.2) is 4.79 Å². The van der Waals surface area contributed by atoms with Crippen molar-refractivity contribution >= 4 is 45.4 Å². The molecule has 0 bridgehead atoms. The van der Waals surface area contributed by atoms with Crippen molar-refractivity contribution in [2.45, 2.75) is 0 Å². The highest BCUT2D eigenvalue weighted by Crippen LogP contribution is 2.23. The van der Waals surface area contributed by atoms with Crippen LogP contribution in [0.25, 0.3) is 6.08 Å². The number of halogens is 2. The van der Waals surface area contributed by atoms with E-state index in [2.05, 4.69) is 15.9 Å². The number of ketones is 1. The molecular formula is C10H6BrClO3. The number of aliphatic carboxylic acids is 1. The van der Waals surface area contributed by atoms with Gasteiger partial charge in [-0.1, -0.05) is 23.7 Å². The van der Waals surface area contributed by atoms with E-state index in [0.29, 0.717) is 15.1 Å². The van der Waals surface area contributed by atoms with E-state index in [1.807, 2.05) is 0 Å². The highest BCUT2D eigenvalue weighted by atomic mass is 79.9. The fourth-order valence-electron chi connectivity index (χ4n) is 0.859. The minimum atomic E-state index is -1.47. The average Bonchev–Trinajstić information content (AvgIpc) is 2.19. The van der Waals surface area contributed by atoms with E-state index in [4.69, 9.17) is 16.7 Å². The number of hydrogen-bond acceptors (Lipinski definition) is 2. The Balaban J connectivity index is 2.86. The lowest BCUT2D eigenvalue weighted by atomic mass is 10.2. The van der Waals surface area contributed by atoms with Crippen molar-refractivity contribution in [2.24, 2.45) is 0 Å². The molecule has 0 atom stereocenters. The lowest BCUT2D eigenvalue weighted by molar-refractivity contribution is -0.146. The van der Waals surface area contributed by atoms with Crippen molar-refractivity contribution in [3.8, 4) is 0 Å². The van der Waals surface area contributed by atoms with Crippen LogP contribution in [0.5, 0.6) is 0 Å². The summed E-state index contributed by atoms with van der Waals surface area (Å²) < 4.78 is 0.689. The normalized spacial score (nSPS) is 10.5. The van der Waals surface area contributed by atoms with Gasteiger partial charge in [0.2, 0.25) is 0 Å². The molecule has 0 heterocycles. The minimum absolute atomic E-state index is 0.553. The summed E-state index contributed by atoms with van der Waals surface area (Å²) in [7, 11) is 0. The van der Waals surface area contributed by atoms with E-state index in [9.17, 15) is 9.59 Å². The zero-order valence-corrected chi connectivity index (χ0v) is 9.75. The van der Waals surface area contributed by atoms with Gasteiger partial charge in [0.15, 0.2) is 0 Å². The van der Waals surface area contributed by atoms with Crippen LogP contribution in [0.4, 0.5) is 0 Å². The lowest BCUT2D eigenvalue weighted by Crippen LogP contribution is -2.08. The molecule has 0 amide bonds. The summed E-state index contributed by atoms with van der Waals surface area (Å²) in [6.07, 6.45) is 2.41. The molecule has 1 rings (SSSR count). The van der Waals surface area contributed by atoms with Gasteiger partial charge in [-0.3, -0.25) is 4.79 Å². The van der Waals surface area contributed by atoms with Crippen molar-refractivity contribution in [1.82, 2.24) is 0 Å². The number of carboxylic acid groups (broad SMARTS) is 1. The molecule has 5 heteroatoms. The maximum absolute atomic E-state index is 10.7. The molecule has 0 unspecified atom stereocenters. The number of rotatable bonds is 3. The molecule has 0 saturated heterocycles. The maximum Gasteiger partial charge on any atom is 0.376 e. The van der Waals surface area contributed by atoms with Gasteiger partial charge in [0.25, 0.3) is 5.78 Å². The van der Waals surface area contributed by atoms with Crippen LogP contribution in [0.3, 0.4) is 0 Å². The molecule has 0 saturated carbocycles. The summed E-state index contributed by atoms with van der Waals surface area (Å²) in [5, 5.41) is 8.88. The molecule has 0 spiro atoms. The van der Waals surface area contributed by atoms with Gasteiger partial charge in [-0.05, 0) is 39.7 Å². The number of carbonyl (C=O) groups is 2. The fourth-order valence-corrected chi connectivity index (χ4v) is 1.37. The third-order valence-corrected chi connectivity index (χ3v) is 2.80. The topological polar surface area (TPSA) is 54.4 Å². The zero-order valence-electron chi connectivity index (χ0n) is 7.41. The Morgan fingerprint density at radius 2 is 2.07 bits per heavy atom. The Kier molecular flexibility index (Phi) is 4.05. The van der Waals surface area contributed by atoms with Crippen molar-refractivity contribution in [1.29, 1.82) is 0 Å². The number of hydrogen-bond donors (Lipinski definition) is 1. The molecule has 1 N–H and O–H groups in total. The van der Waals surface area contributed by atoms with Crippen molar-refractivity contribution in [3.63, 3.8) is 0 Å². The van der Waals surface area contributed by atoms with E-state index < -0.39 is 11.8 Å². The van der Waals surface area contributed by atoms with Crippen LogP contribution in [-0.2, 0) is 9.59 Å². The molecular weight excluding hydrogens is 283 g/mol. The monoisotopic (exact) mass is 288 g/mol. The molecule has 0 fully saturated rings. The molecule has 0 aliphatic heterocycles. The molecule has 0 radical (unpaired) electrons. The summed E-state index contributed by atoms with van der Waals surface area (Å²) in [4.78, 5) is 21.0. The molecule has 3 nitrogen and oxygen atoms in total. The van der Waals surface area contributed by atoms with E-state index in [1.165, 1.54) is 6.08 Å². The summed E-state index contributed by atoms with van der Waals surface area (Å²) in [5.41, 5.74) is 0.695. The van der Waals surface area contributed by atoms with E-state index in [-0.39, 0.29) is 0 Å². The maximum atomic E-state index is 10.7. The van der Waals surface area contributed by atoms with Gasteiger partial charge in [0.1, 0.15) is 0 Å². The highest BCUT2D eigenvalue weighted by molar-refractivity contribution is 9.10. The van der Waals surface area contributed by atoms with Gasteiger partial charge in [-0.2, -0.15) is 0 Å². The SMILES string of the molecule is O=C(O)C(=O)/C=C/c1ccc(Cl)c(Br)c1. The molecule has 1 aromatic carbocycles. The number of benzene rings is 1. The van der Waals surface area contributed by atoms with Crippen molar-refractivity contribution in [3.05, 3.63) is 39.3 Å². The predicted molar refractivity (Wildman–Crippen MR) is 60.8 cm³/mol. The van der Waals surface area contributed by atoms with Crippen LogP contribution in [0, 0.1) is 0 Å². The Morgan fingerprint density at radius 1 is 1.40 bits per heavy atom. The molecule has 78 valence electrons. The summed E-state index contributed by atoms with van der Waals surface area (Å²) in [6.45, 7) is 0. The first kappa shape index (κ1) is 11.9. The Labute approximate surface area is 99.5 Å². The van der Waals surface area contributed by atoms with E-state index in [0.717, 1.165) is 6.08 Å². The Morgan fingerprint density at radius 3 is 2.60 bits per heavy atom. The van der Waals surface area contributed by atoms with Crippen LogP contribution in [0.15, 0.2) is 28.7 Å². The fraction of sp³-hybridized carbons (Fsp3) is 0. The van der Waals surface area contributed by atoms with Crippen LogP contribution >= 0.6 is 27.5 Å². The van der Waals surface area contributed by atoms with Gasteiger partial charge >= 0.3 is 5.97 Å². The molecule has 15 heavy (non-hydrogen) atoms. The first-order valence-corrected chi connectivity index (χ1v) is 5.08. The third-order valence-electron chi connectivity index (χ3n) is 1.58. The second-order valence-electron chi connectivity index (χ2n) is 2.68. The molecule has 0 aromatic heterocycles. The summed E-state index contributed by atoms with van der Waals surface area (Å²) in [6, 6.07) is 5.02. The zero-order chi connectivity index (χ0) is 11.4. The van der Waals surface area contributed by atoms with Gasteiger partial charge in [-0.15, -0.1) is 0 Å². The van der Waals surface area contributed by atoms with Crippen LogP contribution in [0.1, 0.15) is 5.56 Å². The lowest BCUT2D eigenvalue weighted by Gasteiger charge is -1.96. The molecule has 1 aromatic rings. The second kappa shape index (κ2) is 5.09. The largest absolute Gasteiger partial charge is 0.475 e. The average molecular weight is 290 g/mol. The van der Waals surface area contributed by atoms with E-state index >= 15 is 0 Å². The van der Waals surface area contributed by atoms with Gasteiger partial charge in [0.05, 0.1) is 5.02 Å². The minimum Gasteiger partial charge on any atom is -0.475 e. The van der Waals surface area contributed by atoms with Crippen LogP contribution in [-0.4, -0.2) is 16.9 Å². The quantitative estimate of drug-likeness (QED) is 0.687. The van der Waals surface area contributed by atoms with Crippen LogP contribution < -0.4 is 0 Å². The van der Waals surface area contributed by atoms with Crippen molar-refractivity contribution in [2.75, 3.05) is 0 Å². The predicted octanol–water partition coefficient (Wildman–Crippen LogP) is 2.77. The van der Waals surface area contributed by atoms with Crippen molar-refractivity contribution < 1.29 is 14.7 Å². The summed E-state index contributed by atoms with van der Waals surface area (Å²) in [5.74, 6) is -2.43. The Bertz CT molecular complexity index is 440. The summed E-state index contributed by atoms with van der Waals surface area (Å²) >= 11 is 8.98. The first-order valence-electron chi connectivity index (χ1n) is 3.91.